The van der Waals surface area contributed by atoms with Crippen LogP contribution in [0.1, 0.15) is 30.4 Å². The molecule has 1 aliphatic rings. The van der Waals surface area contributed by atoms with Gasteiger partial charge in [-0.2, -0.15) is 0 Å². The molecule has 0 spiro atoms. The van der Waals surface area contributed by atoms with Gasteiger partial charge in [-0.3, -0.25) is 4.79 Å². The highest BCUT2D eigenvalue weighted by molar-refractivity contribution is 6.31. The Morgan fingerprint density at radius 2 is 1.93 bits per heavy atom. The van der Waals surface area contributed by atoms with Gasteiger partial charge >= 0.3 is 5.97 Å². The fourth-order valence-corrected chi connectivity index (χ4v) is 4.16. The van der Waals surface area contributed by atoms with Crippen LogP contribution in [0, 0.1) is 0 Å². The van der Waals surface area contributed by atoms with Crippen molar-refractivity contribution >= 4 is 39.9 Å². The van der Waals surface area contributed by atoms with Crippen molar-refractivity contribution in [3.05, 3.63) is 64.7 Å². The molecule has 154 valence electrons. The van der Waals surface area contributed by atoms with Crippen LogP contribution in [0.15, 0.2) is 48.5 Å². The number of anilines is 1. The predicted octanol–water partition coefficient (Wildman–Crippen LogP) is 4.83. The Kier molecular flexibility index (Phi) is 5.50. The van der Waals surface area contributed by atoms with E-state index in [9.17, 15) is 9.59 Å². The van der Waals surface area contributed by atoms with Crippen LogP contribution >= 0.6 is 11.6 Å². The van der Waals surface area contributed by atoms with Crippen LogP contribution in [-0.2, 0) is 9.59 Å². The van der Waals surface area contributed by atoms with Crippen molar-refractivity contribution in [2.24, 2.45) is 0 Å². The van der Waals surface area contributed by atoms with Crippen molar-refractivity contribution in [2.75, 3.05) is 18.5 Å². The van der Waals surface area contributed by atoms with E-state index in [1.165, 1.54) is 0 Å². The number of amides is 1. The summed E-state index contributed by atoms with van der Waals surface area (Å²) >= 11 is 6.60. The van der Waals surface area contributed by atoms with Gasteiger partial charge in [0.1, 0.15) is 0 Å². The van der Waals surface area contributed by atoms with Gasteiger partial charge in [0.25, 0.3) is 0 Å². The lowest BCUT2D eigenvalue weighted by molar-refractivity contribution is -0.139. The Morgan fingerprint density at radius 1 is 1.17 bits per heavy atom. The normalized spacial score (nSPS) is 15.4. The van der Waals surface area contributed by atoms with Gasteiger partial charge in [0.2, 0.25) is 5.91 Å². The fraction of sp³-hybridized carbons (Fsp3) is 0.217. The Labute approximate surface area is 178 Å². The van der Waals surface area contributed by atoms with E-state index in [0.29, 0.717) is 17.4 Å². The number of carbonyl (C=O) groups is 2. The van der Waals surface area contributed by atoms with Crippen molar-refractivity contribution in [3.8, 4) is 11.5 Å². The maximum atomic E-state index is 12.4. The van der Waals surface area contributed by atoms with Crippen LogP contribution in [0.3, 0.4) is 0 Å². The molecule has 0 bridgehead atoms. The molecule has 0 saturated carbocycles. The highest BCUT2D eigenvalue weighted by Gasteiger charge is 2.30. The Hall–Kier alpha value is -3.25. The van der Waals surface area contributed by atoms with Crippen molar-refractivity contribution in [3.63, 3.8) is 0 Å². The summed E-state index contributed by atoms with van der Waals surface area (Å²) in [6, 6.07) is 15.2. The second kappa shape index (κ2) is 8.24. The molecule has 30 heavy (non-hydrogen) atoms. The SMILES string of the molecule is CCOc1cc([C@@H]2CC(=O)Nc3ccc4ccccc4c32)c(Cl)cc1OCC(=O)O. The summed E-state index contributed by atoms with van der Waals surface area (Å²) < 4.78 is 11.0. The smallest absolute Gasteiger partial charge is 0.341 e. The minimum absolute atomic E-state index is 0.0944. The lowest BCUT2D eigenvalue weighted by atomic mass is 9.82. The predicted molar refractivity (Wildman–Crippen MR) is 115 cm³/mol. The molecule has 0 aliphatic carbocycles. The van der Waals surface area contributed by atoms with Gasteiger partial charge in [0.05, 0.1) is 6.61 Å². The molecule has 1 atom stereocenters. The van der Waals surface area contributed by atoms with Crippen molar-refractivity contribution in [1.82, 2.24) is 0 Å². The average molecular weight is 426 g/mol. The summed E-state index contributed by atoms with van der Waals surface area (Å²) in [5.74, 6) is -0.817. The number of benzene rings is 3. The summed E-state index contributed by atoms with van der Waals surface area (Å²) in [5.41, 5.74) is 2.49. The minimum atomic E-state index is -1.10. The molecule has 1 amide bonds. The van der Waals surface area contributed by atoms with Crippen molar-refractivity contribution in [1.29, 1.82) is 0 Å². The number of ether oxygens (including phenoxy) is 2. The third kappa shape index (κ3) is 3.78. The van der Waals surface area contributed by atoms with Gasteiger partial charge in [-0.1, -0.05) is 41.9 Å². The first kappa shape index (κ1) is 20.0. The number of rotatable bonds is 6. The van der Waals surface area contributed by atoms with E-state index < -0.39 is 12.6 Å². The zero-order valence-electron chi connectivity index (χ0n) is 16.3. The van der Waals surface area contributed by atoms with E-state index in [1.807, 2.05) is 43.3 Å². The largest absolute Gasteiger partial charge is 0.490 e. The fourth-order valence-electron chi connectivity index (χ4n) is 3.87. The quantitative estimate of drug-likeness (QED) is 0.590. The Morgan fingerprint density at radius 3 is 2.70 bits per heavy atom. The summed E-state index contributed by atoms with van der Waals surface area (Å²) in [7, 11) is 0. The number of hydrogen-bond acceptors (Lipinski definition) is 4. The molecule has 0 fully saturated rings. The molecule has 6 nitrogen and oxygen atoms in total. The number of fused-ring (bicyclic) bond motifs is 3. The second-order valence-corrected chi connectivity index (χ2v) is 7.40. The molecule has 0 saturated heterocycles. The van der Waals surface area contributed by atoms with Crippen LogP contribution in [0.2, 0.25) is 5.02 Å². The summed E-state index contributed by atoms with van der Waals surface area (Å²) in [5, 5.41) is 14.4. The van der Waals surface area contributed by atoms with Crippen molar-refractivity contribution < 1.29 is 24.2 Å². The third-order valence-electron chi connectivity index (χ3n) is 5.07. The highest BCUT2D eigenvalue weighted by Crippen LogP contribution is 2.46. The van der Waals surface area contributed by atoms with Crippen LogP contribution in [0.4, 0.5) is 5.69 Å². The number of carboxylic acids is 1. The maximum Gasteiger partial charge on any atom is 0.341 e. The molecular formula is C23H20ClNO5. The molecule has 0 radical (unpaired) electrons. The lowest BCUT2D eigenvalue weighted by Crippen LogP contribution is -2.24. The van der Waals surface area contributed by atoms with Gasteiger partial charge < -0.3 is 19.9 Å². The maximum absolute atomic E-state index is 12.4. The van der Waals surface area contributed by atoms with E-state index in [0.717, 1.165) is 27.6 Å². The first-order chi connectivity index (χ1) is 14.5. The second-order valence-electron chi connectivity index (χ2n) is 6.99. The number of carboxylic acid groups (broad SMARTS) is 1. The zero-order valence-corrected chi connectivity index (χ0v) is 17.0. The van der Waals surface area contributed by atoms with Gasteiger partial charge in [-0.25, -0.2) is 4.79 Å². The van der Waals surface area contributed by atoms with E-state index in [4.69, 9.17) is 26.2 Å². The standard InChI is InChI=1S/C23H20ClNO5/c1-2-29-19-9-15(17(24)11-20(19)30-12-22(27)28)16-10-21(26)25-18-8-7-13-5-3-4-6-14(13)23(16)18/h3-9,11,16H,2,10,12H2,1H3,(H,25,26)(H,27,28)/t16-/m0/s1. The topological polar surface area (TPSA) is 84.9 Å². The molecule has 0 aromatic heterocycles. The number of aliphatic carboxylic acids is 1. The first-order valence-corrected chi connectivity index (χ1v) is 9.98. The Balaban J connectivity index is 1.86. The third-order valence-corrected chi connectivity index (χ3v) is 5.40. The number of carbonyl (C=O) groups excluding carboxylic acids is 1. The lowest BCUT2D eigenvalue weighted by Gasteiger charge is -2.29. The molecule has 1 aliphatic heterocycles. The Bertz CT molecular complexity index is 1140. The highest BCUT2D eigenvalue weighted by atomic mass is 35.5. The van der Waals surface area contributed by atoms with E-state index >= 15 is 0 Å². The molecule has 1 heterocycles. The molecule has 3 aromatic carbocycles. The van der Waals surface area contributed by atoms with Crippen LogP contribution in [0.25, 0.3) is 10.8 Å². The first-order valence-electron chi connectivity index (χ1n) is 9.60. The van der Waals surface area contributed by atoms with Crippen LogP contribution in [-0.4, -0.2) is 30.2 Å². The molecular weight excluding hydrogens is 406 g/mol. The molecule has 0 unspecified atom stereocenters. The van der Waals surface area contributed by atoms with Crippen molar-refractivity contribution in [2.45, 2.75) is 19.3 Å². The van der Waals surface area contributed by atoms with Crippen LogP contribution in [0.5, 0.6) is 11.5 Å². The summed E-state index contributed by atoms with van der Waals surface area (Å²) in [6.45, 7) is 1.69. The molecule has 4 rings (SSSR count). The van der Waals surface area contributed by atoms with E-state index in [2.05, 4.69) is 5.32 Å². The average Bonchev–Trinajstić information content (AvgIpc) is 2.72. The molecule has 3 aromatic rings. The summed E-state index contributed by atoms with van der Waals surface area (Å²) in [6.07, 6.45) is 0.238. The summed E-state index contributed by atoms with van der Waals surface area (Å²) in [4.78, 5) is 23.3. The zero-order chi connectivity index (χ0) is 21.3. The van der Waals surface area contributed by atoms with Gasteiger partial charge in [-0.05, 0) is 41.0 Å². The molecule has 2 N–H and O–H groups in total. The van der Waals surface area contributed by atoms with Gasteiger partial charge in [-0.15, -0.1) is 0 Å². The molecule has 7 heteroatoms. The van der Waals surface area contributed by atoms with Crippen LogP contribution < -0.4 is 14.8 Å². The number of nitrogens with one attached hydrogen (secondary N) is 1. The van der Waals surface area contributed by atoms with E-state index in [-0.39, 0.29) is 24.0 Å². The minimum Gasteiger partial charge on any atom is -0.490 e. The van der Waals surface area contributed by atoms with E-state index in [1.54, 1.807) is 12.1 Å². The number of halogens is 1. The van der Waals surface area contributed by atoms with Gasteiger partial charge in [0, 0.05) is 29.1 Å². The van der Waals surface area contributed by atoms with Gasteiger partial charge in [0.15, 0.2) is 18.1 Å². The monoisotopic (exact) mass is 425 g/mol. The number of hydrogen-bond donors (Lipinski definition) is 2.